The molecule has 2 heterocycles. The molecule has 8 heteroatoms. The van der Waals surface area contributed by atoms with E-state index in [2.05, 4.69) is 0 Å². The van der Waals surface area contributed by atoms with Crippen molar-refractivity contribution in [2.75, 3.05) is 24.9 Å². The van der Waals surface area contributed by atoms with E-state index in [0.717, 1.165) is 11.3 Å². The summed E-state index contributed by atoms with van der Waals surface area (Å²) < 4.78 is 10.7. The summed E-state index contributed by atoms with van der Waals surface area (Å²) in [6.07, 6.45) is 0. The van der Waals surface area contributed by atoms with Crippen molar-refractivity contribution in [2.24, 2.45) is 0 Å². The van der Waals surface area contributed by atoms with Gasteiger partial charge in [-0.15, -0.1) is 11.8 Å². The third-order valence-electron chi connectivity index (χ3n) is 4.70. The molecular weight excluding hydrogens is 404 g/mol. The number of fused-ring (bicyclic) bond motifs is 1. The molecule has 2 aromatic carbocycles. The lowest BCUT2D eigenvalue weighted by Crippen LogP contribution is -2.33. The van der Waals surface area contributed by atoms with Crippen LogP contribution in [-0.2, 0) is 4.79 Å². The normalized spacial score (nSPS) is 21.6. The van der Waals surface area contributed by atoms with Crippen molar-refractivity contribution >= 4 is 52.3 Å². The van der Waals surface area contributed by atoms with Gasteiger partial charge in [0.2, 0.25) is 0 Å². The first-order valence-corrected chi connectivity index (χ1v) is 10.1. The lowest BCUT2D eigenvalue weighted by molar-refractivity contribution is -0.119. The van der Waals surface area contributed by atoms with Crippen LogP contribution < -0.4 is 14.4 Å². The van der Waals surface area contributed by atoms with Crippen LogP contribution in [0.2, 0.25) is 5.02 Å². The molecule has 0 unspecified atom stereocenters. The summed E-state index contributed by atoms with van der Waals surface area (Å²) in [6, 6.07) is 12.7. The van der Waals surface area contributed by atoms with Crippen LogP contribution in [0.4, 0.5) is 5.69 Å². The number of anilines is 1. The summed E-state index contributed by atoms with van der Waals surface area (Å²) in [5.74, 6) is 2.01. The van der Waals surface area contributed by atoms with E-state index in [1.54, 1.807) is 43.0 Å². The molecule has 4 rings (SSSR count). The first-order chi connectivity index (χ1) is 13.0. The molecule has 0 spiro atoms. The summed E-state index contributed by atoms with van der Waals surface area (Å²) >= 11 is 13.4. The lowest BCUT2D eigenvalue weighted by atomic mass is 10.1. The Bertz CT molecular complexity index is 906. The number of methoxy groups -OCH3 is 2. The molecule has 140 valence electrons. The molecule has 2 fully saturated rings. The molecule has 2 saturated heterocycles. The van der Waals surface area contributed by atoms with Gasteiger partial charge in [0, 0.05) is 10.8 Å². The maximum Gasteiger partial charge on any atom is 0.257 e. The summed E-state index contributed by atoms with van der Waals surface area (Å²) in [6.45, 7) is 0. The first kappa shape index (κ1) is 18.4. The van der Waals surface area contributed by atoms with Crippen LogP contribution in [0.3, 0.4) is 0 Å². The van der Waals surface area contributed by atoms with Crippen LogP contribution >= 0.6 is 35.6 Å². The monoisotopic (exact) mass is 420 g/mol. The van der Waals surface area contributed by atoms with Gasteiger partial charge in [0.25, 0.3) is 5.91 Å². The van der Waals surface area contributed by atoms with Gasteiger partial charge in [-0.1, -0.05) is 17.7 Å². The number of rotatable bonds is 4. The van der Waals surface area contributed by atoms with Crippen LogP contribution in [0.1, 0.15) is 10.9 Å². The average Bonchev–Trinajstić information content (AvgIpc) is 3.23. The molecule has 2 aliphatic rings. The second kappa shape index (κ2) is 7.22. The molecule has 27 heavy (non-hydrogen) atoms. The molecule has 0 aliphatic carbocycles. The van der Waals surface area contributed by atoms with Gasteiger partial charge in [-0.2, -0.15) is 0 Å². The van der Waals surface area contributed by atoms with Gasteiger partial charge < -0.3 is 14.4 Å². The van der Waals surface area contributed by atoms with Crippen LogP contribution in [0.5, 0.6) is 11.5 Å². The van der Waals surface area contributed by atoms with Gasteiger partial charge in [0.15, 0.2) is 16.6 Å². The van der Waals surface area contributed by atoms with E-state index < -0.39 is 0 Å². The fraction of sp³-hybridized carbons (Fsp3) is 0.263. The molecule has 0 bridgehead atoms. The second-order valence-electron chi connectivity index (χ2n) is 6.16. The van der Waals surface area contributed by atoms with Crippen molar-refractivity contribution in [2.45, 2.75) is 11.4 Å². The van der Waals surface area contributed by atoms with Gasteiger partial charge in [-0.25, -0.2) is 0 Å². The third kappa shape index (κ3) is 3.03. The fourth-order valence-electron chi connectivity index (χ4n) is 3.38. The maximum atomic E-state index is 13.0. The minimum atomic E-state index is -0.267. The predicted octanol–water partition coefficient (Wildman–Crippen LogP) is 4.10. The molecule has 0 aromatic heterocycles. The standard InChI is InChI=1S/C19H17ClN2O3S2/c1-24-15-8-3-11(9-16(15)25-2)18-22-14(10-27-18)17(23)21(19(22)26)13-6-4-12(20)5-7-13/h3-9,14,18H,10H2,1-2H3/t14-,18-/m0/s1. The Morgan fingerprint density at radius 3 is 2.48 bits per heavy atom. The molecule has 2 aliphatic heterocycles. The van der Waals surface area contributed by atoms with E-state index in [0.29, 0.717) is 27.4 Å². The lowest BCUT2D eigenvalue weighted by Gasteiger charge is -2.26. The Morgan fingerprint density at radius 2 is 1.81 bits per heavy atom. The molecule has 5 nitrogen and oxygen atoms in total. The Labute approximate surface area is 172 Å². The van der Waals surface area contributed by atoms with E-state index in [1.165, 1.54) is 0 Å². The highest BCUT2D eigenvalue weighted by molar-refractivity contribution is 7.99. The molecule has 0 radical (unpaired) electrons. The average molecular weight is 421 g/mol. The zero-order valence-electron chi connectivity index (χ0n) is 14.7. The number of carbonyl (C=O) groups is 1. The van der Waals surface area contributed by atoms with Gasteiger partial charge in [-0.05, 0) is 54.2 Å². The van der Waals surface area contributed by atoms with Crippen molar-refractivity contribution in [1.82, 2.24) is 4.90 Å². The smallest absolute Gasteiger partial charge is 0.257 e. The largest absolute Gasteiger partial charge is 0.493 e. The Morgan fingerprint density at radius 1 is 1.11 bits per heavy atom. The van der Waals surface area contributed by atoms with E-state index in [4.69, 9.17) is 33.3 Å². The maximum absolute atomic E-state index is 13.0. The zero-order valence-corrected chi connectivity index (χ0v) is 17.1. The highest BCUT2D eigenvalue weighted by Crippen LogP contribution is 2.47. The number of thiocarbonyl (C=S) groups is 1. The highest BCUT2D eigenvalue weighted by atomic mass is 35.5. The number of halogens is 1. The fourth-order valence-corrected chi connectivity index (χ4v) is 5.41. The highest BCUT2D eigenvalue weighted by Gasteiger charge is 2.50. The minimum absolute atomic E-state index is 0.00204. The summed E-state index contributed by atoms with van der Waals surface area (Å²) in [7, 11) is 3.22. The first-order valence-electron chi connectivity index (χ1n) is 8.30. The number of thioether (sulfide) groups is 1. The van der Waals surface area contributed by atoms with Crippen LogP contribution in [0.25, 0.3) is 0 Å². The number of hydrogen-bond donors (Lipinski definition) is 0. The molecule has 1 amide bonds. The van der Waals surface area contributed by atoms with E-state index in [9.17, 15) is 4.79 Å². The Hall–Kier alpha value is -1.96. The number of amides is 1. The van der Waals surface area contributed by atoms with Crippen molar-refractivity contribution in [3.05, 3.63) is 53.1 Å². The molecule has 0 saturated carbocycles. The van der Waals surface area contributed by atoms with E-state index in [-0.39, 0.29) is 17.3 Å². The Kier molecular flexibility index (Phi) is 4.92. The third-order valence-corrected chi connectivity index (χ3v) is 6.66. The van der Waals surface area contributed by atoms with Gasteiger partial charge in [-0.3, -0.25) is 9.69 Å². The molecular formula is C19H17ClN2O3S2. The van der Waals surface area contributed by atoms with E-state index in [1.807, 2.05) is 35.2 Å². The van der Waals surface area contributed by atoms with Crippen molar-refractivity contribution in [1.29, 1.82) is 0 Å². The van der Waals surface area contributed by atoms with Crippen molar-refractivity contribution < 1.29 is 14.3 Å². The zero-order chi connectivity index (χ0) is 19.1. The molecule has 0 N–H and O–H groups in total. The number of nitrogens with zero attached hydrogens (tertiary/aromatic N) is 2. The number of hydrogen-bond acceptors (Lipinski definition) is 5. The molecule has 2 atom stereocenters. The summed E-state index contributed by atoms with van der Waals surface area (Å²) in [4.78, 5) is 16.6. The SMILES string of the molecule is COc1ccc([C@@H]2SC[C@H]3C(=O)N(c4ccc(Cl)cc4)C(=S)N32)cc1OC. The van der Waals surface area contributed by atoms with E-state index >= 15 is 0 Å². The van der Waals surface area contributed by atoms with Gasteiger partial charge in [0.05, 0.1) is 19.9 Å². The quantitative estimate of drug-likeness (QED) is 0.693. The number of ether oxygens (including phenoxy) is 2. The number of benzene rings is 2. The molecule has 2 aromatic rings. The van der Waals surface area contributed by atoms with Gasteiger partial charge in [0.1, 0.15) is 11.4 Å². The Balaban J connectivity index is 1.67. The van der Waals surface area contributed by atoms with Crippen molar-refractivity contribution in [3.63, 3.8) is 0 Å². The van der Waals surface area contributed by atoms with Crippen molar-refractivity contribution in [3.8, 4) is 11.5 Å². The van der Waals surface area contributed by atoms with Crippen LogP contribution in [-0.4, -0.2) is 41.9 Å². The van der Waals surface area contributed by atoms with Gasteiger partial charge >= 0.3 is 0 Å². The number of carbonyl (C=O) groups excluding carboxylic acids is 1. The topological polar surface area (TPSA) is 42.0 Å². The van der Waals surface area contributed by atoms with Crippen LogP contribution in [0.15, 0.2) is 42.5 Å². The predicted molar refractivity (Wildman–Crippen MR) is 112 cm³/mol. The minimum Gasteiger partial charge on any atom is -0.493 e. The summed E-state index contributed by atoms with van der Waals surface area (Å²) in [5, 5.41) is 1.08. The summed E-state index contributed by atoms with van der Waals surface area (Å²) in [5.41, 5.74) is 1.76. The second-order valence-corrected chi connectivity index (χ2v) is 8.07. The van der Waals surface area contributed by atoms with Crippen LogP contribution in [0, 0.1) is 0 Å².